The molecule has 2 aromatic heterocycles. The van der Waals surface area contributed by atoms with Crippen molar-refractivity contribution in [2.24, 2.45) is 0 Å². The lowest BCUT2D eigenvalue weighted by Crippen LogP contribution is -2.73. The third kappa shape index (κ3) is 3.99. The van der Waals surface area contributed by atoms with Crippen molar-refractivity contribution in [3.8, 4) is 39.6 Å². The van der Waals surface area contributed by atoms with Gasteiger partial charge in [-0.1, -0.05) is 184 Å². The van der Waals surface area contributed by atoms with E-state index in [1.54, 1.807) is 0 Å². The van der Waals surface area contributed by atoms with Crippen molar-refractivity contribution in [2.75, 3.05) is 0 Å². The Kier molecular flexibility index (Phi) is 6.32. The summed E-state index contributed by atoms with van der Waals surface area (Å²) in [6.45, 7) is 4.74. The Morgan fingerprint density at radius 1 is 0.491 bits per heavy atom. The minimum Gasteiger partial charge on any atom is -0.278 e. The highest BCUT2D eigenvalue weighted by molar-refractivity contribution is 7.22. The highest BCUT2D eigenvalue weighted by atomic mass is 28.3. The van der Waals surface area contributed by atoms with E-state index >= 15 is 0 Å². The Morgan fingerprint density at radius 3 is 1.81 bits per heavy atom. The number of hydrogen-bond donors (Lipinski definition) is 0. The summed E-state index contributed by atoms with van der Waals surface area (Å²) < 4.78 is 2.37. The van der Waals surface area contributed by atoms with Gasteiger partial charge in [0, 0.05) is 32.5 Å². The van der Waals surface area contributed by atoms with Gasteiger partial charge in [-0.05, 0) is 43.9 Å². The largest absolute Gasteiger partial charge is 0.278 e. The number of para-hydroxylation sites is 1. The maximum absolute atomic E-state index is 5.80. The molecule has 2 aliphatic rings. The third-order valence-corrected chi connectivity index (χ3v) is 16.7. The quantitative estimate of drug-likeness (QED) is 0.173. The molecule has 4 heteroatoms. The lowest BCUT2D eigenvalue weighted by molar-refractivity contribution is 0.663. The third-order valence-electron chi connectivity index (χ3n) is 11.9. The fraction of sp³-hybridized carbons (Fsp3) is 0.0612. The molecule has 0 atom stereocenters. The van der Waals surface area contributed by atoms with Gasteiger partial charge in [0.2, 0.25) is 5.95 Å². The molecule has 9 aromatic rings. The van der Waals surface area contributed by atoms with E-state index in [1.807, 2.05) is 0 Å². The van der Waals surface area contributed by atoms with Gasteiger partial charge in [0.1, 0.15) is 0 Å². The smallest absolute Gasteiger partial charge is 0.235 e. The van der Waals surface area contributed by atoms with Gasteiger partial charge in [-0.2, -0.15) is 0 Å². The predicted octanol–water partition coefficient (Wildman–Crippen LogP) is 8.90. The molecule has 3 heterocycles. The van der Waals surface area contributed by atoms with Crippen molar-refractivity contribution >= 4 is 50.6 Å². The van der Waals surface area contributed by atoms with Gasteiger partial charge >= 0.3 is 0 Å². The number of hydrogen-bond acceptors (Lipinski definition) is 2. The molecule has 11 rings (SSSR count). The zero-order valence-corrected chi connectivity index (χ0v) is 30.6. The van der Waals surface area contributed by atoms with E-state index in [2.05, 4.69) is 194 Å². The molecule has 0 N–H and O–H groups in total. The predicted molar refractivity (Wildman–Crippen MR) is 222 cm³/mol. The van der Waals surface area contributed by atoms with Crippen LogP contribution < -0.4 is 20.7 Å². The van der Waals surface area contributed by atoms with Gasteiger partial charge < -0.3 is 0 Å². The highest BCUT2D eigenvalue weighted by Crippen LogP contribution is 2.52. The van der Waals surface area contributed by atoms with Crippen LogP contribution in [0.15, 0.2) is 176 Å². The standard InChI is InChI=1S/C49H35N3Si/c1-49(2)40-27-15-12-24-35(40)37-30-31-38-36-25-13-16-28-41(36)52(46(38)43(37)49)48-50-44(32-18-6-3-7-19-32)47-45(51-48)39-26-14-17-29-42(39)53(47,33-20-8-4-9-21-33)34-22-10-5-11-23-34/h3-31H,1-2H3. The van der Waals surface area contributed by atoms with Crippen LogP contribution in [0.25, 0.3) is 61.4 Å². The molecule has 1 aliphatic heterocycles. The van der Waals surface area contributed by atoms with E-state index in [0.29, 0.717) is 5.95 Å². The molecule has 3 nitrogen and oxygen atoms in total. The van der Waals surface area contributed by atoms with Gasteiger partial charge in [0.15, 0.2) is 8.07 Å². The molecule has 250 valence electrons. The normalized spacial score (nSPS) is 14.5. The molecule has 0 unspecified atom stereocenters. The summed E-state index contributed by atoms with van der Waals surface area (Å²) in [7, 11) is -2.89. The number of aromatic nitrogens is 3. The van der Waals surface area contributed by atoms with Crippen LogP contribution in [-0.4, -0.2) is 22.6 Å². The first kappa shape index (κ1) is 30.3. The van der Waals surface area contributed by atoms with Crippen LogP contribution in [0, 0.1) is 0 Å². The Balaban J connectivity index is 1.32. The van der Waals surface area contributed by atoms with Crippen molar-refractivity contribution in [1.82, 2.24) is 14.5 Å². The van der Waals surface area contributed by atoms with E-state index in [9.17, 15) is 0 Å². The molecule has 0 amide bonds. The van der Waals surface area contributed by atoms with E-state index in [0.717, 1.165) is 22.5 Å². The molecule has 0 spiro atoms. The van der Waals surface area contributed by atoms with E-state index < -0.39 is 8.07 Å². The molecular formula is C49H35N3Si. The first-order chi connectivity index (χ1) is 26.1. The summed E-state index contributed by atoms with van der Waals surface area (Å²) >= 11 is 0. The lowest BCUT2D eigenvalue weighted by Gasteiger charge is -2.32. The monoisotopic (exact) mass is 693 g/mol. The minimum absolute atomic E-state index is 0.216. The van der Waals surface area contributed by atoms with Crippen molar-refractivity contribution in [2.45, 2.75) is 19.3 Å². The fourth-order valence-corrected chi connectivity index (χ4v) is 15.0. The molecular weight excluding hydrogens is 659 g/mol. The summed E-state index contributed by atoms with van der Waals surface area (Å²) in [4.78, 5) is 11.6. The van der Waals surface area contributed by atoms with Gasteiger partial charge in [0.25, 0.3) is 0 Å². The van der Waals surface area contributed by atoms with E-state index in [-0.39, 0.29) is 5.41 Å². The Morgan fingerprint density at radius 2 is 1.08 bits per heavy atom. The Labute approximate surface area is 309 Å². The van der Waals surface area contributed by atoms with Crippen LogP contribution in [-0.2, 0) is 5.41 Å². The Hall–Kier alpha value is -6.36. The molecule has 0 saturated heterocycles. The van der Waals surface area contributed by atoms with E-state index in [1.165, 1.54) is 64.9 Å². The van der Waals surface area contributed by atoms with Crippen molar-refractivity contribution in [3.63, 3.8) is 0 Å². The summed E-state index contributed by atoms with van der Waals surface area (Å²) in [5, 5.41) is 7.71. The first-order valence-electron chi connectivity index (χ1n) is 18.4. The van der Waals surface area contributed by atoms with Crippen LogP contribution in [0.5, 0.6) is 0 Å². The molecule has 7 aromatic carbocycles. The zero-order chi connectivity index (χ0) is 35.3. The van der Waals surface area contributed by atoms with Crippen LogP contribution in [0.1, 0.15) is 25.0 Å². The second-order valence-corrected chi connectivity index (χ2v) is 18.6. The summed E-state index contributed by atoms with van der Waals surface area (Å²) in [5.74, 6) is 0.703. The van der Waals surface area contributed by atoms with Crippen LogP contribution in [0.4, 0.5) is 0 Å². The molecule has 1 aliphatic carbocycles. The molecule has 0 bridgehead atoms. The number of benzene rings is 7. The summed E-state index contributed by atoms with van der Waals surface area (Å²) in [5.41, 5.74) is 11.7. The summed E-state index contributed by atoms with van der Waals surface area (Å²) in [6.07, 6.45) is 0. The minimum atomic E-state index is -2.89. The van der Waals surface area contributed by atoms with Crippen LogP contribution >= 0.6 is 0 Å². The van der Waals surface area contributed by atoms with Crippen molar-refractivity contribution in [1.29, 1.82) is 0 Å². The SMILES string of the molecule is CC1(C)c2ccccc2-c2ccc3c4ccccc4n(-c4nc(-c5ccccc5)c5c(n4)-c4ccccc4[Si]5(c4ccccc4)c4ccccc4)c3c21. The molecule has 0 radical (unpaired) electrons. The topological polar surface area (TPSA) is 30.7 Å². The number of fused-ring (bicyclic) bond motifs is 10. The van der Waals surface area contributed by atoms with Crippen LogP contribution in [0.3, 0.4) is 0 Å². The van der Waals surface area contributed by atoms with E-state index in [4.69, 9.17) is 9.97 Å². The van der Waals surface area contributed by atoms with Gasteiger partial charge in [-0.15, -0.1) is 0 Å². The second-order valence-electron chi connectivity index (χ2n) is 14.9. The Bertz CT molecular complexity index is 2870. The van der Waals surface area contributed by atoms with Crippen molar-refractivity contribution in [3.05, 3.63) is 187 Å². The first-order valence-corrected chi connectivity index (χ1v) is 20.4. The molecule has 53 heavy (non-hydrogen) atoms. The number of rotatable bonds is 4. The average molecular weight is 694 g/mol. The van der Waals surface area contributed by atoms with Gasteiger partial charge in [-0.3, -0.25) is 4.57 Å². The van der Waals surface area contributed by atoms with Gasteiger partial charge in [0.05, 0.1) is 22.4 Å². The fourth-order valence-electron chi connectivity index (χ4n) is 9.72. The van der Waals surface area contributed by atoms with Crippen LogP contribution in [0.2, 0.25) is 0 Å². The lowest BCUT2D eigenvalue weighted by atomic mass is 9.81. The summed E-state index contributed by atoms with van der Waals surface area (Å²) in [6, 6.07) is 64.4. The second kappa shape index (κ2) is 11.1. The zero-order valence-electron chi connectivity index (χ0n) is 29.6. The van der Waals surface area contributed by atoms with Gasteiger partial charge in [-0.25, -0.2) is 9.97 Å². The average Bonchev–Trinajstić information content (AvgIpc) is 3.80. The maximum Gasteiger partial charge on any atom is 0.235 e. The molecule has 0 fully saturated rings. The number of nitrogens with zero attached hydrogens (tertiary/aromatic N) is 3. The molecule has 0 saturated carbocycles. The van der Waals surface area contributed by atoms with Crippen molar-refractivity contribution < 1.29 is 0 Å². The highest BCUT2D eigenvalue weighted by Gasteiger charge is 2.52. The maximum atomic E-state index is 5.80.